The maximum absolute atomic E-state index is 12.4. The molecule has 0 heterocycles. The fraction of sp³-hybridized carbons (Fsp3) is 0.212. The molecule has 4 nitrogen and oxygen atoms in total. The summed E-state index contributed by atoms with van der Waals surface area (Å²) in [5, 5.41) is 4.18. The van der Waals surface area contributed by atoms with E-state index < -0.39 is 52.6 Å². The summed E-state index contributed by atoms with van der Waals surface area (Å²) in [5.74, 6) is 0.366. The van der Waals surface area contributed by atoms with E-state index in [1.165, 1.54) is 32.6 Å². The molecule has 5 rings (SSSR count). The number of hydrogen-bond acceptors (Lipinski definition) is 4. The van der Waals surface area contributed by atoms with Gasteiger partial charge in [0.2, 0.25) is 0 Å². The Hall–Kier alpha value is -3.89. The van der Waals surface area contributed by atoms with Crippen LogP contribution in [0.5, 0.6) is 0 Å². The summed E-state index contributed by atoms with van der Waals surface area (Å²) in [4.78, 5) is 0. The largest absolute Gasteiger partial charge is 0.489 e. The van der Waals surface area contributed by atoms with Crippen LogP contribution in [0.1, 0.15) is 22.6 Å². The Kier molecular flexibility index (Phi) is 12.5. The normalized spacial score (nSPS) is 15.5. The number of rotatable bonds is 10. The molecule has 1 aliphatic carbocycles. The summed E-state index contributed by atoms with van der Waals surface area (Å²) < 4.78 is 197. The standard InChI is InChI=1S/C27H21P.C6F15O4P/c1-3-10-23(11-4-1)28(24-12-5-2-6-13-24)25-18-15-22(16-19-25)27-20-17-21-9-7-8-14-26(21)27;7-1(8,9)4(16,17)23-26(22,24-5(18,19)2(10,11)12)25-6(20,21)3(13,14)15/h1-20,27H;. The van der Waals surface area contributed by atoms with Gasteiger partial charge in [-0.3, -0.25) is 0 Å². The van der Waals surface area contributed by atoms with E-state index in [-0.39, 0.29) is 0 Å². The highest BCUT2D eigenvalue weighted by Gasteiger charge is 2.72. The first-order valence-corrected chi connectivity index (χ1v) is 17.4. The molecule has 0 bridgehead atoms. The van der Waals surface area contributed by atoms with Crippen LogP contribution in [0.25, 0.3) is 6.08 Å². The number of phosphoric ester groups is 1. The highest BCUT2D eigenvalue weighted by Crippen LogP contribution is 2.64. The Morgan fingerprint density at radius 2 is 0.815 bits per heavy atom. The molecule has 0 saturated carbocycles. The lowest BCUT2D eigenvalue weighted by molar-refractivity contribution is -0.404. The second-order valence-corrected chi connectivity index (χ2v) is 14.5. The number of phosphoric acid groups is 1. The minimum atomic E-state index is -8.28. The SMILES string of the molecule is C1=CC(c2ccc(P(c3ccccc3)c3ccccc3)cc2)c2ccccc21.O=P(OC(F)(F)C(F)(F)F)(OC(F)(F)C(F)(F)F)OC(F)(F)C(F)(F)F. The Labute approximate surface area is 296 Å². The van der Waals surface area contributed by atoms with Crippen LogP contribution < -0.4 is 15.9 Å². The van der Waals surface area contributed by atoms with Crippen molar-refractivity contribution in [3.8, 4) is 0 Å². The van der Waals surface area contributed by atoms with Gasteiger partial charge in [0.1, 0.15) is 0 Å². The van der Waals surface area contributed by atoms with E-state index in [1.54, 1.807) is 13.6 Å². The van der Waals surface area contributed by atoms with Crippen LogP contribution >= 0.6 is 15.7 Å². The predicted molar refractivity (Wildman–Crippen MR) is 166 cm³/mol. The number of hydrogen-bond donors (Lipinski definition) is 0. The van der Waals surface area contributed by atoms with Crippen molar-refractivity contribution >= 4 is 37.7 Å². The molecular weight excluding hydrogens is 807 g/mol. The summed E-state index contributed by atoms with van der Waals surface area (Å²) in [5.41, 5.74) is 4.11. The highest BCUT2D eigenvalue weighted by atomic mass is 31.2. The van der Waals surface area contributed by atoms with Gasteiger partial charge in [-0.25, -0.2) is 18.1 Å². The Bertz CT molecular complexity index is 1820. The molecule has 0 aromatic heterocycles. The van der Waals surface area contributed by atoms with Gasteiger partial charge >= 0.3 is 44.7 Å². The minimum Gasteiger partial charge on any atom is -0.227 e. The van der Waals surface area contributed by atoms with Crippen LogP contribution in [-0.2, 0) is 18.1 Å². The van der Waals surface area contributed by atoms with Crippen molar-refractivity contribution in [3.05, 3.63) is 132 Å². The fourth-order valence-electron chi connectivity index (χ4n) is 4.60. The Balaban J connectivity index is 0.000000242. The van der Waals surface area contributed by atoms with E-state index in [9.17, 15) is 70.4 Å². The number of allylic oxidation sites excluding steroid dienone is 1. The summed E-state index contributed by atoms with van der Waals surface area (Å²) in [6, 6.07) is 39.7. The average Bonchev–Trinajstić information content (AvgIpc) is 3.48. The van der Waals surface area contributed by atoms with Crippen LogP contribution in [0.4, 0.5) is 65.9 Å². The maximum atomic E-state index is 12.4. The highest BCUT2D eigenvalue weighted by molar-refractivity contribution is 7.79. The van der Waals surface area contributed by atoms with Gasteiger partial charge in [0.25, 0.3) is 0 Å². The van der Waals surface area contributed by atoms with Crippen molar-refractivity contribution in [2.75, 3.05) is 0 Å². The maximum Gasteiger partial charge on any atom is 0.489 e. The third-order valence-electron chi connectivity index (χ3n) is 7.01. The topological polar surface area (TPSA) is 44.8 Å². The molecular formula is C33H21F15O4P2. The van der Waals surface area contributed by atoms with E-state index in [2.05, 4.69) is 121 Å². The molecule has 4 aromatic rings. The first-order chi connectivity index (χ1) is 24.8. The van der Waals surface area contributed by atoms with Crippen LogP contribution in [0.3, 0.4) is 0 Å². The van der Waals surface area contributed by atoms with Crippen molar-refractivity contribution in [1.29, 1.82) is 0 Å². The zero-order valence-corrected chi connectivity index (χ0v) is 28.1. The van der Waals surface area contributed by atoms with Gasteiger partial charge in [-0.15, -0.1) is 0 Å². The fourth-order valence-corrected chi connectivity index (χ4v) is 8.15. The first kappa shape index (κ1) is 42.8. The van der Waals surface area contributed by atoms with E-state index in [1.807, 2.05) is 0 Å². The first-order valence-electron chi connectivity index (χ1n) is 14.6. The molecule has 0 saturated heterocycles. The smallest absolute Gasteiger partial charge is 0.227 e. The van der Waals surface area contributed by atoms with E-state index in [0.717, 1.165) is 0 Å². The molecule has 0 amide bonds. The van der Waals surface area contributed by atoms with Crippen LogP contribution in [0, 0.1) is 0 Å². The van der Waals surface area contributed by atoms with Crippen molar-refractivity contribution in [2.45, 2.75) is 42.8 Å². The monoisotopic (exact) mass is 828 g/mol. The molecule has 4 aromatic carbocycles. The Morgan fingerprint density at radius 3 is 1.20 bits per heavy atom. The molecule has 0 radical (unpaired) electrons. The molecule has 0 N–H and O–H groups in total. The van der Waals surface area contributed by atoms with Gasteiger partial charge in [0.05, 0.1) is 0 Å². The number of fused-ring (bicyclic) bond motifs is 1. The second-order valence-electron chi connectivity index (χ2n) is 10.8. The third-order valence-corrected chi connectivity index (χ3v) is 10.8. The van der Waals surface area contributed by atoms with Gasteiger partial charge in [-0.2, -0.15) is 65.9 Å². The molecule has 0 fully saturated rings. The van der Waals surface area contributed by atoms with E-state index in [4.69, 9.17) is 0 Å². The van der Waals surface area contributed by atoms with Gasteiger partial charge in [0.15, 0.2) is 0 Å². The van der Waals surface area contributed by atoms with Crippen molar-refractivity contribution in [3.63, 3.8) is 0 Å². The summed E-state index contributed by atoms with van der Waals surface area (Å²) in [6.07, 6.45) is -38.1. The minimum absolute atomic E-state index is 0.366. The lowest BCUT2D eigenvalue weighted by Crippen LogP contribution is -2.45. The molecule has 1 atom stereocenters. The molecule has 292 valence electrons. The molecule has 21 heteroatoms. The lowest BCUT2D eigenvalue weighted by Gasteiger charge is -2.30. The molecule has 1 aliphatic rings. The van der Waals surface area contributed by atoms with E-state index >= 15 is 0 Å². The predicted octanol–water partition coefficient (Wildman–Crippen LogP) is 11.2. The van der Waals surface area contributed by atoms with E-state index in [0.29, 0.717) is 5.92 Å². The lowest BCUT2D eigenvalue weighted by atomic mass is 9.93. The molecule has 0 aliphatic heterocycles. The quantitative estimate of drug-likeness (QED) is 0.118. The van der Waals surface area contributed by atoms with Crippen LogP contribution in [0.15, 0.2) is 115 Å². The average molecular weight is 828 g/mol. The van der Waals surface area contributed by atoms with Gasteiger partial charge in [-0.05, 0) is 40.5 Å². The number of halogens is 15. The Morgan fingerprint density at radius 1 is 0.463 bits per heavy atom. The zero-order chi connectivity index (χ0) is 40.4. The number of benzene rings is 4. The van der Waals surface area contributed by atoms with Gasteiger partial charge < -0.3 is 0 Å². The summed E-state index contributed by atoms with van der Waals surface area (Å²) in [7, 11) is -8.82. The summed E-state index contributed by atoms with van der Waals surface area (Å²) in [6.45, 7) is 0. The number of alkyl halides is 15. The van der Waals surface area contributed by atoms with Gasteiger partial charge in [0, 0.05) is 5.92 Å². The summed E-state index contributed by atoms with van der Waals surface area (Å²) >= 11 is 0. The molecule has 54 heavy (non-hydrogen) atoms. The zero-order valence-electron chi connectivity index (χ0n) is 26.3. The van der Waals surface area contributed by atoms with Crippen molar-refractivity contribution < 1.29 is 84.0 Å². The molecule has 1 unspecified atom stereocenters. The van der Waals surface area contributed by atoms with Crippen molar-refractivity contribution in [1.82, 2.24) is 0 Å². The van der Waals surface area contributed by atoms with Crippen molar-refractivity contribution in [2.24, 2.45) is 0 Å². The van der Waals surface area contributed by atoms with Crippen LogP contribution in [-0.4, -0.2) is 36.9 Å². The molecule has 0 spiro atoms. The van der Waals surface area contributed by atoms with Gasteiger partial charge in [-0.1, -0.05) is 121 Å². The second kappa shape index (κ2) is 15.7. The van der Waals surface area contributed by atoms with Crippen LogP contribution in [0.2, 0.25) is 0 Å². The third kappa shape index (κ3) is 10.0.